The predicted molar refractivity (Wildman–Crippen MR) is 91.6 cm³/mol. The zero-order valence-electron chi connectivity index (χ0n) is 13.7. The molecular weight excluding hydrogens is 256 g/mol. The van der Waals surface area contributed by atoms with E-state index in [0.717, 1.165) is 6.54 Å². The number of benzene rings is 1. The van der Waals surface area contributed by atoms with E-state index in [1.807, 2.05) is 0 Å². The van der Waals surface area contributed by atoms with Gasteiger partial charge in [0.05, 0.1) is 0 Å². The molecule has 0 spiro atoms. The van der Waals surface area contributed by atoms with Gasteiger partial charge >= 0.3 is 0 Å². The van der Waals surface area contributed by atoms with Crippen LogP contribution in [0.2, 0.25) is 0 Å². The van der Waals surface area contributed by atoms with Gasteiger partial charge in [0, 0.05) is 12.6 Å². The number of unbranched alkanes of at least 4 members (excludes halogenated alkanes) is 4. The number of likely N-dealkylation sites (tertiary alicyclic amines) is 1. The van der Waals surface area contributed by atoms with E-state index < -0.39 is 0 Å². The van der Waals surface area contributed by atoms with Crippen LogP contribution in [0.1, 0.15) is 63.5 Å². The largest absolute Gasteiger partial charge is 0.315 e. The van der Waals surface area contributed by atoms with Crippen molar-refractivity contribution in [1.82, 2.24) is 10.2 Å². The van der Waals surface area contributed by atoms with Crippen molar-refractivity contribution in [2.24, 2.45) is 0 Å². The average Bonchev–Trinajstić information content (AvgIpc) is 3.05. The molecular formula is C19H32N2. The summed E-state index contributed by atoms with van der Waals surface area (Å²) in [6, 6.07) is 11.6. The average molecular weight is 288 g/mol. The summed E-state index contributed by atoms with van der Waals surface area (Å²) in [5.41, 5.74) is 1.47. The lowest BCUT2D eigenvalue weighted by atomic mass is 10.1. The van der Waals surface area contributed by atoms with Crippen LogP contribution in [0.4, 0.5) is 0 Å². The van der Waals surface area contributed by atoms with Gasteiger partial charge in [0.15, 0.2) is 0 Å². The first-order valence-electron chi connectivity index (χ1n) is 8.91. The zero-order chi connectivity index (χ0) is 14.8. The predicted octanol–water partition coefficient (Wildman–Crippen LogP) is 4.38. The van der Waals surface area contributed by atoms with Crippen LogP contribution in [0.3, 0.4) is 0 Å². The Morgan fingerprint density at radius 1 is 1.00 bits per heavy atom. The molecule has 1 N–H and O–H groups in total. The third-order valence-electron chi connectivity index (χ3n) is 4.56. The fraction of sp³-hybridized carbons (Fsp3) is 0.684. The quantitative estimate of drug-likeness (QED) is 0.643. The van der Waals surface area contributed by atoms with Crippen LogP contribution in [0.5, 0.6) is 0 Å². The molecule has 1 saturated heterocycles. The van der Waals surface area contributed by atoms with E-state index in [-0.39, 0.29) is 0 Å². The minimum absolute atomic E-state index is 0.560. The number of hydrogen-bond donors (Lipinski definition) is 1. The van der Waals surface area contributed by atoms with Crippen molar-refractivity contribution in [3.63, 3.8) is 0 Å². The van der Waals surface area contributed by atoms with E-state index in [1.54, 1.807) is 0 Å². The van der Waals surface area contributed by atoms with Crippen molar-refractivity contribution in [3.05, 3.63) is 35.9 Å². The van der Waals surface area contributed by atoms with Crippen molar-refractivity contribution in [2.45, 2.75) is 57.9 Å². The molecule has 118 valence electrons. The number of nitrogens with one attached hydrogen (secondary N) is 1. The van der Waals surface area contributed by atoms with Gasteiger partial charge in [-0.1, -0.05) is 62.9 Å². The zero-order valence-corrected chi connectivity index (χ0v) is 13.7. The van der Waals surface area contributed by atoms with Crippen LogP contribution >= 0.6 is 0 Å². The Morgan fingerprint density at radius 3 is 2.43 bits per heavy atom. The van der Waals surface area contributed by atoms with Crippen molar-refractivity contribution in [2.75, 3.05) is 26.2 Å². The Bertz CT molecular complexity index is 357. The van der Waals surface area contributed by atoms with E-state index in [1.165, 1.54) is 70.1 Å². The van der Waals surface area contributed by atoms with Crippen molar-refractivity contribution < 1.29 is 0 Å². The van der Waals surface area contributed by atoms with Gasteiger partial charge in [-0.25, -0.2) is 0 Å². The lowest BCUT2D eigenvalue weighted by Crippen LogP contribution is -2.34. The molecule has 0 radical (unpaired) electrons. The highest BCUT2D eigenvalue weighted by Crippen LogP contribution is 2.24. The molecule has 1 unspecified atom stereocenters. The Morgan fingerprint density at radius 2 is 1.71 bits per heavy atom. The van der Waals surface area contributed by atoms with Gasteiger partial charge in [-0.15, -0.1) is 0 Å². The van der Waals surface area contributed by atoms with Crippen LogP contribution < -0.4 is 5.32 Å². The molecule has 0 saturated carbocycles. The molecule has 0 bridgehead atoms. The summed E-state index contributed by atoms with van der Waals surface area (Å²) >= 11 is 0. The monoisotopic (exact) mass is 288 g/mol. The summed E-state index contributed by atoms with van der Waals surface area (Å²) in [7, 11) is 0. The van der Waals surface area contributed by atoms with Gasteiger partial charge in [0.25, 0.3) is 0 Å². The third kappa shape index (κ3) is 5.80. The van der Waals surface area contributed by atoms with Crippen molar-refractivity contribution in [1.29, 1.82) is 0 Å². The summed E-state index contributed by atoms with van der Waals surface area (Å²) in [4.78, 5) is 2.65. The smallest absolute Gasteiger partial charge is 0.0472 e. The van der Waals surface area contributed by atoms with Crippen LogP contribution in [-0.4, -0.2) is 31.1 Å². The second-order valence-electron chi connectivity index (χ2n) is 6.29. The fourth-order valence-electron chi connectivity index (χ4n) is 3.28. The highest BCUT2D eigenvalue weighted by Gasteiger charge is 2.22. The summed E-state index contributed by atoms with van der Waals surface area (Å²) in [5.74, 6) is 0. The number of hydrogen-bond acceptors (Lipinski definition) is 2. The molecule has 1 aliphatic rings. The normalized spacial score (nSPS) is 17.2. The molecule has 1 fully saturated rings. The summed E-state index contributed by atoms with van der Waals surface area (Å²) in [5, 5.41) is 3.70. The highest BCUT2D eigenvalue weighted by atomic mass is 15.2. The molecule has 1 heterocycles. The van der Waals surface area contributed by atoms with Gasteiger partial charge in [0.2, 0.25) is 0 Å². The summed E-state index contributed by atoms with van der Waals surface area (Å²) in [6.07, 6.45) is 9.54. The second kappa shape index (κ2) is 9.97. The Hall–Kier alpha value is -0.860. The maximum Gasteiger partial charge on any atom is 0.0472 e. The molecule has 1 aromatic rings. The molecule has 2 heteroatoms. The minimum atomic E-state index is 0.560. The van der Waals surface area contributed by atoms with Crippen molar-refractivity contribution >= 4 is 0 Å². The molecule has 1 aliphatic heterocycles. The molecule has 2 rings (SSSR count). The summed E-state index contributed by atoms with van der Waals surface area (Å²) < 4.78 is 0. The standard InChI is InChI=1S/C19H32N2/c1-2-3-4-5-9-14-20-17-19(21-15-10-11-16-21)18-12-7-6-8-13-18/h6-8,12-13,19-20H,2-5,9-11,14-17H2,1H3. The maximum absolute atomic E-state index is 3.70. The van der Waals surface area contributed by atoms with Gasteiger partial charge in [-0.3, -0.25) is 4.90 Å². The Kier molecular flexibility index (Phi) is 7.83. The topological polar surface area (TPSA) is 15.3 Å². The first-order valence-corrected chi connectivity index (χ1v) is 8.91. The number of rotatable bonds is 10. The molecule has 1 atom stereocenters. The second-order valence-corrected chi connectivity index (χ2v) is 6.29. The lowest BCUT2D eigenvalue weighted by molar-refractivity contribution is 0.238. The van der Waals surface area contributed by atoms with Gasteiger partial charge in [0.1, 0.15) is 0 Å². The molecule has 2 nitrogen and oxygen atoms in total. The van der Waals surface area contributed by atoms with Gasteiger partial charge < -0.3 is 5.32 Å². The Labute approximate surface area is 130 Å². The van der Waals surface area contributed by atoms with E-state index in [0.29, 0.717) is 6.04 Å². The van der Waals surface area contributed by atoms with E-state index in [2.05, 4.69) is 47.5 Å². The van der Waals surface area contributed by atoms with Crippen molar-refractivity contribution in [3.8, 4) is 0 Å². The molecule has 0 aromatic heterocycles. The fourth-order valence-corrected chi connectivity index (χ4v) is 3.28. The Balaban J connectivity index is 1.75. The SMILES string of the molecule is CCCCCCCNCC(c1ccccc1)N1CCCC1. The van der Waals surface area contributed by atoms with Crippen LogP contribution in [0, 0.1) is 0 Å². The van der Waals surface area contributed by atoms with Crippen LogP contribution in [0.25, 0.3) is 0 Å². The van der Waals surface area contributed by atoms with Gasteiger partial charge in [-0.05, 0) is 44.5 Å². The molecule has 21 heavy (non-hydrogen) atoms. The first kappa shape index (κ1) is 16.5. The van der Waals surface area contributed by atoms with Crippen LogP contribution in [0.15, 0.2) is 30.3 Å². The summed E-state index contributed by atoms with van der Waals surface area (Å²) in [6.45, 7) is 7.06. The third-order valence-corrected chi connectivity index (χ3v) is 4.56. The lowest BCUT2D eigenvalue weighted by Gasteiger charge is -2.28. The molecule has 0 aliphatic carbocycles. The highest BCUT2D eigenvalue weighted by molar-refractivity contribution is 5.19. The number of nitrogens with zero attached hydrogens (tertiary/aromatic N) is 1. The molecule has 0 amide bonds. The van der Waals surface area contributed by atoms with E-state index >= 15 is 0 Å². The van der Waals surface area contributed by atoms with E-state index in [9.17, 15) is 0 Å². The van der Waals surface area contributed by atoms with Crippen LogP contribution in [-0.2, 0) is 0 Å². The molecule has 1 aromatic carbocycles. The maximum atomic E-state index is 3.70. The first-order chi connectivity index (χ1) is 10.4. The van der Waals surface area contributed by atoms with Gasteiger partial charge in [-0.2, -0.15) is 0 Å². The van der Waals surface area contributed by atoms with E-state index in [4.69, 9.17) is 0 Å². The minimum Gasteiger partial charge on any atom is -0.315 e.